The second kappa shape index (κ2) is 6.55. The first-order valence-electron chi connectivity index (χ1n) is 5.82. The number of benzene rings is 1. The van der Waals surface area contributed by atoms with Crippen LogP contribution in [0.1, 0.15) is 30.1 Å². The molecule has 1 aromatic rings. The van der Waals surface area contributed by atoms with Gasteiger partial charge in [-0.05, 0) is 24.6 Å². The molecule has 0 radical (unpaired) electrons. The average molecular weight is 246 g/mol. The molecule has 0 aliphatic heterocycles. The maximum absolute atomic E-state index is 12.0. The third kappa shape index (κ3) is 3.42. The molecular weight excluding hydrogens is 228 g/mol. The van der Waals surface area contributed by atoms with E-state index in [1.54, 1.807) is 18.2 Å². The Morgan fingerprint density at radius 3 is 2.89 bits per heavy atom. The van der Waals surface area contributed by atoms with Gasteiger partial charge in [-0.2, -0.15) is 0 Å². The van der Waals surface area contributed by atoms with Gasteiger partial charge >= 0.3 is 0 Å². The van der Waals surface area contributed by atoms with Crippen LogP contribution < -0.4 is 15.8 Å². The Morgan fingerprint density at radius 2 is 2.33 bits per heavy atom. The van der Waals surface area contributed by atoms with Crippen molar-refractivity contribution >= 4 is 11.6 Å². The number of hydrogen-bond donors (Lipinski definition) is 2. The number of carbonyl (C=O) groups excluding carboxylic acids is 1. The molecule has 4 heteroatoms. The molecule has 96 valence electrons. The zero-order valence-corrected chi connectivity index (χ0v) is 10.7. The van der Waals surface area contributed by atoms with Crippen LogP contribution >= 0.6 is 0 Å². The summed E-state index contributed by atoms with van der Waals surface area (Å²) in [4.78, 5) is 12.0. The molecule has 0 aromatic heterocycles. The Morgan fingerprint density at radius 1 is 1.61 bits per heavy atom. The fourth-order valence-corrected chi connectivity index (χ4v) is 1.58. The van der Waals surface area contributed by atoms with Gasteiger partial charge in [-0.15, -0.1) is 6.42 Å². The second-order valence-electron chi connectivity index (χ2n) is 3.93. The molecule has 0 spiro atoms. The van der Waals surface area contributed by atoms with Crippen molar-refractivity contribution in [1.29, 1.82) is 0 Å². The first-order chi connectivity index (χ1) is 8.62. The van der Waals surface area contributed by atoms with Gasteiger partial charge in [-0.1, -0.05) is 19.3 Å². The van der Waals surface area contributed by atoms with Gasteiger partial charge in [-0.25, -0.2) is 0 Å². The summed E-state index contributed by atoms with van der Waals surface area (Å²) < 4.78 is 5.06. The van der Waals surface area contributed by atoms with Crippen molar-refractivity contribution in [2.75, 3.05) is 12.8 Å². The molecule has 0 saturated carbocycles. The monoisotopic (exact) mass is 246 g/mol. The van der Waals surface area contributed by atoms with Crippen LogP contribution in [0.15, 0.2) is 18.2 Å². The molecule has 1 amide bonds. The minimum atomic E-state index is -0.275. The van der Waals surface area contributed by atoms with E-state index in [0.29, 0.717) is 17.0 Å². The summed E-state index contributed by atoms with van der Waals surface area (Å²) in [6, 6.07) is 4.67. The molecule has 0 fully saturated rings. The largest absolute Gasteiger partial charge is 0.497 e. The standard InChI is InChI=1S/C14H18N2O2/c1-4-6-10(5-2)16-14(17)12-9-11(18-3)7-8-13(12)15/h2,7-10H,4,6,15H2,1,3H3,(H,16,17). The number of rotatable bonds is 5. The Kier molecular flexibility index (Phi) is 5.06. The predicted octanol–water partition coefficient (Wildman–Crippen LogP) is 1.81. The average Bonchev–Trinajstić information content (AvgIpc) is 2.38. The van der Waals surface area contributed by atoms with Crippen molar-refractivity contribution in [3.63, 3.8) is 0 Å². The summed E-state index contributed by atoms with van der Waals surface area (Å²) >= 11 is 0. The third-order valence-corrected chi connectivity index (χ3v) is 2.59. The number of methoxy groups -OCH3 is 1. The molecule has 0 aliphatic rings. The van der Waals surface area contributed by atoms with Crippen molar-refractivity contribution in [2.24, 2.45) is 0 Å². The highest BCUT2D eigenvalue weighted by Gasteiger charge is 2.14. The van der Waals surface area contributed by atoms with Gasteiger partial charge in [0.15, 0.2) is 0 Å². The summed E-state index contributed by atoms with van der Waals surface area (Å²) in [5, 5.41) is 2.77. The maximum Gasteiger partial charge on any atom is 0.254 e. The zero-order chi connectivity index (χ0) is 13.5. The lowest BCUT2D eigenvalue weighted by Gasteiger charge is -2.13. The highest BCUT2D eigenvalue weighted by atomic mass is 16.5. The first kappa shape index (κ1) is 13.9. The van der Waals surface area contributed by atoms with Crippen LogP contribution in [0.25, 0.3) is 0 Å². The lowest BCUT2D eigenvalue weighted by Crippen LogP contribution is -2.34. The number of ether oxygens (including phenoxy) is 1. The molecule has 0 saturated heterocycles. The molecule has 4 nitrogen and oxygen atoms in total. The van der Waals surface area contributed by atoms with E-state index in [1.165, 1.54) is 7.11 Å². The summed E-state index contributed by atoms with van der Waals surface area (Å²) in [5.74, 6) is 2.86. The van der Waals surface area contributed by atoms with Gasteiger partial charge in [0.1, 0.15) is 5.75 Å². The van der Waals surface area contributed by atoms with Gasteiger partial charge in [0.05, 0.1) is 18.7 Å². The van der Waals surface area contributed by atoms with E-state index in [-0.39, 0.29) is 11.9 Å². The number of amides is 1. The predicted molar refractivity (Wildman–Crippen MR) is 72.4 cm³/mol. The van der Waals surface area contributed by atoms with Crippen molar-refractivity contribution in [2.45, 2.75) is 25.8 Å². The van der Waals surface area contributed by atoms with Gasteiger partial charge in [-0.3, -0.25) is 4.79 Å². The van der Waals surface area contributed by atoms with E-state index in [9.17, 15) is 4.79 Å². The Hall–Kier alpha value is -2.15. The molecule has 1 unspecified atom stereocenters. The SMILES string of the molecule is C#CC(CCC)NC(=O)c1cc(OC)ccc1N. The number of nitrogen functional groups attached to an aromatic ring is 1. The van der Waals surface area contributed by atoms with Crippen molar-refractivity contribution in [1.82, 2.24) is 5.32 Å². The lowest BCUT2D eigenvalue weighted by atomic mass is 10.1. The topological polar surface area (TPSA) is 64.3 Å². The Bertz CT molecular complexity index is 463. The van der Waals surface area contributed by atoms with E-state index in [4.69, 9.17) is 16.9 Å². The third-order valence-electron chi connectivity index (χ3n) is 2.59. The number of nitrogens with one attached hydrogen (secondary N) is 1. The van der Waals surface area contributed by atoms with Crippen LogP contribution in [0.4, 0.5) is 5.69 Å². The molecular formula is C14H18N2O2. The molecule has 0 bridgehead atoms. The zero-order valence-electron chi connectivity index (χ0n) is 10.7. The summed E-state index contributed by atoms with van der Waals surface area (Å²) in [7, 11) is 1.54. The van der Waals surface area contributed by atoms with Gasteiger partial charge in [0.2, 0.25) is 0 Å². The number of anilines is 1. The fraction of sp³-hybridized carbons (Fsp3) is 0.357. The molecule has 0 aliphatic carbocycles. The molecule has 1 aromatic carbocycles. The smallest absolute Gasteiger partial charge is 0.254 e. The number of nitrogens with two attached hydrogens (primary N) is 1. The van der Waals surface area contributed by atoms with Crippen LogP contribution in [-0.2, 0) is 0 Å². The Labute approximate surface area is 108 Å². The van der Waals surface area contributed by atoms with E-state index >= 15 is 0 Å². The fourth-order valence-electron chi connectivity index (χ4n) is 1.58. The van der Waals surface area contributed by atoms with Crippen LogP contribution in [0, 0.1) is 12.3 Å². The minimum Gasteiger partial charge on any atom is -0.497 e. The second-order valence-corrected chi connectivity index (χ2v) is 3.93. The molecule has 1 rings (SSSR count). The van der Waals surface area contributed by atoms with E-state index < -0.39 is 0 Å². The quantitative estimate of drug-likeness (QED) is 0.615. The summed E-state index contributed by atoms with van der Waals surface area (Å²) in [5.41, 5.74) is 6.55. The number of terminal acetylenes is 1. The molecule has 1 atom stereocenters. The van der Waals surface area contributed by atoms with Gasteiger partial charge in [0, 0.05) is 5.69 Å². The maximum atomic E-state index is 12.0. The number of carbonyl (C=O) groups is 1. The first-order valence-corrected chi connectivity index (χ1v) is 5.82. The lowest BCUT2D eigenvalue weighted by molar-refractivity contribution is 0.0945. The summed E-state index contributed by atoms with van der Waals surface area (Å²) in [6.45, 7) is 2.01. The molecule has 18 heavy (non-hydrogen) atoms. The highest BCUT2D eigenvalue weighted by Crippen LogP contribution is 2.19. The van der Waals surface area contributed by atoms with Crippen LogP contribution in [-0.4, -0.2) is 19.1 Å². The van der Waals surface area contributed by atoms with Crippen molar-refractivity contribution < 1.29 is 9.53 Å². The van der Waals surface area contributed by atoms with E-state index in [0.717, 1.165) is 12.8 Å². The number of hydrogen-bond acceptors (Lipinski definition) is 3. The van der Waals surface area contributed by atoms with Crippen LogP contribution in [0.2, 0.25) is 0 Å². The highest BCUT2D eigenvalue weighted by molar-refractivity contribution is 5.99. The minimum absolute atomic E-state index is 0.270. The van der Waals surface area contributed by atoms with Gasteiger partial charge in [0.25, 0.3) is 5.91 Å². The van der Waals surface area contributed by atoms with Crippen LogP contribution in [0.5, 0.6) is 5.75 Å². The van der Waals surface area contributed by atoms with E-state index in [1.807, 2.05) is 6.92 Å². The van der Waals surface area contributed by atoms with Crippen molar-refractivity contribution in [3.8, 4) is 18.1 Å². The normalized spacial score (nSPS) is 11.4. The Balaban J connectivity index is 2.86. The summed E-state index contributed by atoms with van der Waals surface area (Å²) in [6.07, 6.45) is 7.01. The molecule has 3 N–H and O–H groups in total. The van der Waals surface area contributed by atoms with Gasteiger partial charge < -0.3 is 15.8 Å². The van der Waals surface area contributed by atoms with Crippen molar-refractivity contribution in [3.05, 3.63) is 23.8 Å². The molecule has 0 heterocycles. The van der Waals surface area contributed by atoms with E-state index in [2.05, 4.69) is 11.2 Å². The van der Waals surface area contributed by atoms with Crippen LogP contribution in [0.3, 0.4) is 0 Å².